The molecule has 1 aromatic heterocycles. The van der Waals surface area contributed by atoms with Crippen LogP contribution in [-0.4, -0.2) is 18.4 Å². The fourth-order valence-electron chi connectivity index (χ4n) is 2.85. The Bertz CT molecular complexity index is 863. The van der Waals surface area contributed by atoms with E-state index in [0.717, 1.165) is 46.4 Å². The summed E-state index contributed by atoms with van der Waals surface area (Å²) in [6, 6.07) is 16.0. The molecular weight excluding hydrogens is 326 g/mol. The Morgan fingerprint density at radius 1 is 1.08 bits per heavy atom. The highest BCUT2D eigenvalue weighted by Gasteiger charge is 2.11. The molecule has 3 rings (SSSR count). The Morgan fingerprint density at radius 3 is 2.73 bits per heavy atom. The topological polar surface area (TPSA) is 40.6 Å². The number of fused-ring (bicyclic) bond motifs is 1. The molecule has 0 aliphatic carbocycles. The Labute approximate surface area is 154 Å². The van der Waals surface area contributed by atoms with Gasteiger partial charge in [0.1, 0.15) is 11.5 Å². The fourth-order valence-corrected chi connectivity index (χ4v) is 2.85. The molecule has 0 spiro atoms. The number of hydrogen-bond donors (Lipinski definition) is 0. The molecule has 1 atom stereocenters. The molecule has 3 aromatic rings. The molecule has 4 heteroatoms. The number of pyridine rings is 1. The second-order valence-corrected chi connectivity index (χ2v) is 6.27. The van der Waals surface area contributed by atoms with Gasteiger partial charge in [0.2, 0.25) is 0 Å². The van der Waals surface area contributed by atoms with Crippen LogP contribution in [0.15, 0.2) is 54.7 Å². The number of methoxy groups -OCH3 is 1. The molecule has 0 saturated heterocycles. The summed E-state index contributed by atoms with van der Waals surface area (Å²) < 4.78 is 17.3. The maximum Gasteiger partial charge on any atom is 0.157 e. The molecule has 1 heterocycles. The first-order valence-electron chi connectivity index (χ1n) is 8.96. The Morgan fingerprint density at radius 2 is 1.92 bits per heavy atom. The lowest BCUT2D eigenvalue weighted by atomic mass is 10.1. The van der Waals surface area contributed by atoms with Gasteiger partial charge in [-0.2, -0.15) is 0 Å². The number of para-hydroxylation sites is 1. The number of hydrogen-bond acceptors (Lipinski definition) is 4. The molecular formula is C22H25NO3. The molecule has 26 heavy (non-hydrogen) atoms. The van der Waals surface area contributed by atoms with Crippen molar-refractivity contribution in [2.24, 2.45) is 0 Å². The van der Waals surface area contributed by atoms with Gasteiger partial charge in [0.25, 0.3) is 0 Å². The van der Waals surface area contributed by atoms with Crippen LogP contribution in [0.4, 0.5) is 0 Å². The van der Waals surface area contributed by atoms with E-state index in [4.69, 9.17) is 14.2 Å². The van der Waals surface area contributed by atoms with Gasteiger partial charge in [0, 0.05) is 12.5 Å². The highest BCUT2D eigenvalue weighted by Crippen LogP contribution is 2.29. The predicted octanol–water partition coefficient (Wildman–Crippen LogP) is 5.62. The van der Waals surface area contributed by atoms with Gasteiger partial charge in [0.05, 0.1) is 18.3 Å². The summed E-state index contributed by atoms with van der Waals surface area (Å²) in [7, 11) is 1.68. The Balaban J connectivity index is 1.75. The molecule has 0 bridgehead atoms. The van der Waals surface area contributed by atoms with Crippen LogP contribution < -0.4 is 4.74 Å². The minimum Gasteiger partial charge on any atom is -0.455 e. The van der Waals surface area contributed by atoms with Crippen LogP contribution in [0.25, 0.3) is 10.9 Å². The van der Waals surface area contributed by atoms with Crippen molar-refractivity contribution < 1.29 is 14.2 Å². The fraction of sp³-hybridized carbons (Fsp3) is 0.318. The number of benzene rings is 2. The van der Waals surface area contributed by atoms with Gasteiger partial charge in [-0.05, 0) is 42.7 Å². The van der Waals surface area contributed by atoms with Crippen LogP contribution in [0.3, 0.4) is 0 Å². The first-order chi connectivity index (χ1) is 12.7. The number of ether oxygens (including phenoxy) is 3. The first kappa shape index (κ1) is 18.4. The van der Waals surface area contributed by atoms with Crippen molar-refractivity contribution in [3.05, 3.63) is 65.9 Å². The van der Waals surface area contributed by atoms with Crippen LogP contribution in [0.5, 0.6) is 11.5 Å². The molecule has 0 aliphatic rings. The summed E-state index contributed by atoms with van der Waals surface area (Å²) in [6.45, 7) is 4.66. The third-order valence-corrected chi connectivity index (χ3v) is 4.40. The van der Waals surface area contributed by atoms with E-state index in [1.807, 2.05) is 49.4 Å². The molecule has 0 amide bonds. The van der Waals surface area contributed by atoms with Crippen LogP contribution in [0.1, 0.15) is 30.9 Å². The lowest BCUT2D eigenvalue weighted by Gasteiger charge is -2.17. The average molecular weight is 351 g/mol. The van der Waals surface area contributed by atoms with Gasteiger partial charge in [0.15, 0.2) is 6.29 Å². The molecule has 1 unspecified atom stereocenters. The minimum absolute atomic E-state index is 0.173. The first-order valence-corrected chi connectivity index (χ1v) is 8.96. The Kier molecular flexibility index (Phi) is 6.21. The van der Waals surface area contributed by atoms with Crippen LogP contribution in [0.2, 0.25) is 0 Å². The van der Waals surface area contributed by atoms with E-state index in [1.165, 1.54) is 0 Å². The van der Waals surface area contributed by atoms with Gasteiger partial charge in [-0.15, -0.1) is 0 Å². The van der Waals surface area contributed by atoms with Gasteiger partial charge in [-0.3, -0.25) is 4.98 Å². The molecule has 136 valence electrons. The largest absolute Gasteiger partial charge is 0.455 e. The normalized spacial score (nSPS) is 12.3. The van der Waals surface area contributed by atoms with Crippen molar-refractivity contribution in [1.29, 1.82) is 0 Å². The zero-order valence-electron chi connectivity index (χ0n) is 15.6. The van der Waals surface area contributed by atoms with E-state index in [1.54, 1.807) is 13.3 Å². The third-order valence-electron chi connectivity index (χ3n) is 4.40. The highest BCUT2D eigenvalue weighted by atomic mass is 16.7. The third kappa shape index (κ3) is 4.40. The summed E-state index contributed by atoms with van der Waals surface area (Å²) in [4.78, 5) is 4.45. The van der Waals surface area contributed by atoms with E-state index in [9.17, 15) is 0 Å². The van der Waals surface area contributed by atoms with E-state index in [0.29, 0.717) is 6.61 Å². The lowest BCUT2D eigenvalue weighted by Crippen LogP contribution is -2.15. The van der Waals surface area contributed by atoms with Crippen LogP contribution >= 0.6 is 0 Å². The summed E-state index contributed by atoms with van der Waals surface area (Å²) in [5, 5.41) is 1.06. The standard InChI is InChI=1S/C22H25NO3/c1-4-8-22(24-3)25-15-18-10-7-12-21(16(18)2)26-19-13-17-9-5-6-11-20(17)23-14-19/h5-7,9-14,22H,4,8,15H2,1-3H3. The number of aromatic nitrogens is 1. The van der Waals surface area contributed by atoms with Gasteiger partial charge < -0.3 is 14.2 Å². The number of nitrogens with zero attached hydrogens (tertiary/aromatic N) is 1. The summed E-state index contributed by atoms with van der Waals surface area (Å²) in [5.74, 6) is 1.54. The molecule has 2 aromatic carbocycles. The zero-order valence-corrected chi connectivity index (χ0v) is 15.6. The van der Waals surface area contributed by atoms with Gasteiger partial charge >= 0.3 is 0 Å². The minimum atomic E-state index is -0.173. The molecule has 4 nitrogen and oxygen atoms in total. The van der Waals surface area contributed by atoms with Crippen molar-refractivity contribution in [1.82, 2.24) is 4.98 Å². The quantitative estimate of drug-likeness (QED) is 0.494. The van der Waals surface area contributed by atoms with Crippen LogP contribution in [-0.2, 0) is 16.1 Å². The smallest absolute Gasteiger partial charge is 0.157 e. The summed E-state index contributed by atoms with van der Waals surface area (Å²) in [6.07, 6.45) is 3.49. The summed E-state index contributed by atoms with van der Waals surface area (Å²) >= 11 is 0. The van der Waals surface area contributed by atoms with Crippen molar-refractivity contribution in [3.63, 3.8) is 0 Å². The maximum atomic E-state index is 6.09. The van der Waals surface area contributed by atoms with Gasteiger partial charge in [-0.25, -0.2) is 0 Å². The van der Waals surface area contributed by atoms with E-state index in [2.05, 4.69) is 18.0 Å². The van der Waals surface area contributed by atoms with Crippen molar-refractivity contribution in [2.75, 3.05) is 7.11 Å². The molecule has 0 fully saturated rings. The average Bonchev–Trinajstić information content (AvgIpc) is 2.67. The maximum absolute atomic E-state index is 6.09. The van der Waals surface area contributed by atoms with Gasteiger partial charge in [-0.1, -0.05) is 43.7 Å². The molecule has 0 N–H and O–H groups in total. The van der Waals surface area contributed by atoms with Crippen molar-refractivity contribution >= 4 is 10.9 Å². The summed E-state index contributed by atoms with van der Waals surface area (Å²) in [5.41, 5.74) is 3.11. The SMILES string of the molecule is CCCC(OC)OCc1cccc(Oc2cnc3ccccc3c2)c1C. The van der Waals surface area contributed by atoms with Crippen LogP contribution in [0, 0.1) is 6.92 Å². The van der Waals surface area contributed by atoms with Crippen molar-refractivity contribution in [2.45, 2.75) is 39.6 Å². The lowest BCUT2D eigenvalue weighted by molar-refractivity contribution is -0.135. The predicted molar refractivity (Wildman–Crippen MR) is 103 cm³/mol. The second kappa shape index (κ2) is 8.79. The Hall–Kier alpha value is -2.43. The molecule has 0 saturated carbocycles. The molecule has 0 radical (unpaired) electrons. The zero-order chi connectivity index (χ0) is 18.4. The second-order valence-electron chi connectivity index (χ2n) is 6.27. The van der Waals surface area contributed by atoms with Crippen molar-refractivity contribution in [3.8, 4) is 11.5 Å². The van der Waals surface area contributed by atoms with E-state index < -0.39 is 0 Å². The highest BCUT2D eigenvalue weighted by molar-refractivity contribution is 5.79. The van der Waals surface area contributed by atoms with E-state index >= 15 is 0 Å². The molecule has 0 aliphatic heterocycles. The monoisotopic (exact) mass is 351 g/mol. The number of rotatable bonds is 8. The van der Waals surface area contributed by atoms with E-state index in [-0.39, 0.29) is 6.29 Å².